The van der Waals surface area contributed by atoms with Gasteiger partial charge in [0.05, 0.1) is 5.66 Å². The molecule has 25 heavy (non-hydrogen) atoms. The van der Waals surface area contributed by atoms with E-state index in [-0.39, 0.29) is 17.6 Å². The first-order chi connectivity index (χ1) is 12.2. The van der Waals surface area contributed by atoms with E-state index in [9.17, 15) is 4.57 Å². The second-order valence-electron chi connectivity index (χ2n) is 6.13. The molecule has 0 heterocycles. The SMILES string of the molecule is CN[C@H](c1ccccc1)[C@H]1C=CC=C[C@H]1P(=O)(OC)c1ccccc1. The molecule has 4 atom stereocenters. The largest absolute Gasteiger partial charge is 0.328 e. The smallest absolute Gasteiger partial charge is 0.239 e. The third-order valence-corrected chi connectivity index (χ3v) is 7.64. The average molecular weight is 353 g/mol. The molecule has 0 aliphatic heterocycles. The highest BCUT2D eigenvalue weighted by molar-refractivity contribution is 7.67. The van der Waals surface area contributed by atoms with Crippen molar-refractivity contribution in [2.75, 3.05) is 14.2 Å². The zero-order chi connectivity index (χ0) is 17.7. The zero-order valence-electron chi connectivity index (χ0n) is 14.6. The van der Waals surface area contributed by atoms with E-state index in [1.54, 1.807) is 7.11 Å². The quantitative estimate of drug-likeness (QED) is 0.787. The maximum absolute atomic E-state index is 13.9. The molecule has 0 fully saturated rings. The third-order valence-electron chi connectivity index (χ3n) is 4.78. The number of nitrogens with one attached hydrogen (secondary N) is 1. The lowest BCUT2D eigenvalue weighted by molar-refractivity contribution is 0.372. The summed E-state index contributed by atoms with van der Waals surface area (Å²) in [6, 6.07) is 19.9. The molecule has 3 nitrogen and oxygen atoms in total. The van der Waals surface area contributed by atoms with Gasteiger partial charge < -0.3 is 9.84 Å². The molecule has 2 aromatic carbocycles. The van der Waals surface area contributed by atoms with Crippen LogP contribution in [0.4, 0.5) is 0 Å². The summed E-state index contributed by atoms with van der Waals surface area (Å²) in [6.07, 6.45) is 8.15. The fraction of sp³-hybridized carbons (Fsp3) is 0.238. The van der Waals surface area contributed by atoms with Gasteiger partial charge in [-0.3, -0.25) is 4.57 Å². The normalized spacial score (nSPS) is 23.1. The monoisotopic (exact) mass is 353 g/mol. The molecule has 1 unspecified atom stereocenters. The van der Waals surface area contributed by atoms with Crippen LogP contribution in [0.5, 0.6) is 0 Å². The lowest BCUT2D eigenvalue weighted by Crippen LogP contribution is -2.34. The molecule has 130 valence electrons. The molecular weight excluding hydrogens is 329 g/mol. The van der Waals surface area contributed by atoms with Gasteiger partial charge in [0, 0.05) is 24.4 Å². The van der Waals surface area contributed by atoms with Crippen LogP contribution in [-0.2, 0) is 9.09 Å². The van der Waals surface area contributed by atoms with Crippen LogP contribution in [0.15, 0.2) is 85.0 Å². The van der Waals surface area contributed by atoms with Crippen molar-refractivity contribution >= 4 is 12.7 Å². The Morgan fingerprint density at radius 2 is 1.56 bits per heavy atom. The standard InChI is InChI=1S/C21H24NO2P/c1-22-21(17-11-5-3-6-12-17)19-15-9-10-16-20(19)25(23,24-2)18-13-7-4-8-14-18/h3-16,19-22H,1-2H3/t19-,20+,21+,25?/m0/s1. The predicted molar refractivity (Wildman–Crippen MR) is 104 cm³/mol. The topological polar surface area (TPSA) is 38.3 Å². The van der Waals surface area contributed by atoms with Crippen LogP contribution in [0.1, 0.15) is 11.6 Å². The van der Waals surface area contributed by atoms with Crippen LogP contribution in [0.25, 0.3) is 0 Å². The lowest BCUT2D eigenvalue weighted by atomic mass is 9.87. The van der Waals surface area contributed by atoms with Gasteiger partial charge in [0.25, 0.3) is 0 Å². The van der Waals surface area contributed by atoms with E-state index in [4.69, 9.17) is 4.52 Å². The number of hydrogen-bond donors (Lipinski definition) is 1. The Hall–Kier alpha value is -1.93. The highest BCUT2D eigenvalue weighted by atomic mass is 31.2. The highest BCUT2D eigenvalue weighted by Gasteiger charge is 2.41. The van der Waals surface area contributed by atoms with Crippen LogP contribution >= 0.6 is 7.37 Å². The Bertz CT molecular complexity index is 786. The summed E-state index contributed by atoms with van der Waals surface area (Å²) in [5, 5.41) is 4.16. The van der Waals surface area contributed by atoms with Gasteiger partial charge in [-0.05, 0) is 24.7 Å². The van der Waals surface area contributed by atoms with E-state index in [0.29, 0.717) is 0 Å². The third kappa shape index (κ3) is 3.55. The minimum absolute atomic E-state index is 0.0309. The van der Waals surface area contributed by atoms with Gasteiger partial charge in [-0.25, -0.2) is 0 Å². The minimum atomic E-state index is -3.05. The van der Waals surface area contributed by atoms with Gasteiger partial charge in [-0.15, -0.1) is 0 Å². The zero-order valence-corrected chi connectivity index (χ0v) is 15.5. The maximum Gasteiger partial charge on any atom is 0.239 e. The van der Waals surface area contributed by atoms with E-state index in [1.807, 2.05) is 73.8 Å². The highest BCUT2D eigenvalue weighted by Crippen LogP contribution is 2.56. The molecule has 0 bridgehead atoms. The summed E-state index contributed by atoms with van der Waals surface area (Å²) in [5.41, 5.74) is 0.957. The number of rotatable bonds is 6. The Balaban J connectivity index is 2.03. The molecule has 1 aliphatic carbocycles. The Kier molecular flexibility index (Phi) is 5.70. The fourth-order valence-electron chi connectivity index (χ4n) is 3.54. The van der Waals surface area contributed by atoms with Crippen molar-refractivity contribution in [2.24, 2.45) is 5.92 Å². The Labute approximate surface area is 149 Å². The van der Waals surface area contributed by atoms with Gasteiger partial charge in [-0.2, -0.15) is 0 Å². The van der Waals surface area contributed by atoms with Crippen molar-refractivity contribution in [3.05, 3.63) is 90.5 Å². The van der Waals surface area contributed by atoms with Crippen molar-refractivity contribution in [1.29, 1.82) is 0 Å². The fourth-order valence-corrected chi connectivity index (χ4v) is 5.97. The van der Waals surface area contributed by atoms with Crippen molar-refractivity contribution in [2.45, 2.75) is 11.7 Å². The van der Waals surface area contributed by atoms with Crippen molar-refractivity contribution < 1.29 is 9.09 Å². The molecule has 0 aromatic heterocycles. The first-order valence-corrected chi connectivity index (χ1v) is 10.2. The van der Waals surface area contributed by atoms with E-state index in [0.717, 1.165) is 5.30 Å². The van der Waals surface area contributed by atoms with Crippen LogP contribution in [-0.4, -0.2) is 19.8 Å². The van der Waals surface area contributed by atoms with Crippen LogP contribution < -0.4 is 10.6 Å². The molecule has 4 heteroatoms. The minimum Gasteiger partial charge on any atom is -0.328 e. The van der Waals surface area contributed by atoms with Gasteiger partial charge >= 0.3 is 0 Å². The van der Waals surface area contributed by atoms with Crippen molar-refractivity contribution in [3.8, 4) is 0 Å². The molecule has 0 saturated carbocycles. The molecule has 0 radical (unpaired) electrons. The molecule has 3 rings (SSSR count). The second-order valence-corrected chi connectivity index (χ2v) is 8.80. The van der Waals surface area contributed by atoms with Crippen molar-refractivity contribution in [3.63, 3.8) is 0 Å². The summed E-state index contributed by atoms with van der Waals surface area (Å²) in [7, 11) is 0.445. The number of allylic oxidation sites excluding steroid dienone is 3. The molecule has 2 aromatic rings. The first-order valence-electron chi connectivity index (χ1n) is 8.49. The predicted octanol–water partition coefficient (Wildman–Crippen LogP) is 4.31. The summed E-state index contributed by atoms with van der Waals surface area (Å²) >= 11 is 0. The average Bonchev–Trinajstić information content (AvgIpc) is 2.70. The summed E-state index contributed by atoms with van der Waals surface area (Å²) in [4.78, 5) is 0. The molecule has 0 spiro atoms. The molecule has 1 N–H and O–H groups in total. The van der Waals surface area contributed by atoms with E-state index in [1.165, 1.54) is 5.56 Å². The van der Waals surface area contributed by atoms with Crippen LogP contribution in [0, 0.1) is 5.92 Å². The maximum atomic E-state index is 13.9. The Morgan fingerprint density at radius 1 is 0.960 bits per heavy atom. The van der Waals surface area contributed by atoms with E-state index < -0.39 is 7.37 Å². The second kappa shape index (κ2) is 7.97. The van der Waals surface area contributed by atoms with E-state index in [2.05, 4.69) is 23.5 Å². The van der Waals surface area contributed by atoms with Crippen LogP contribution in [0.2, 0.25) is 0 Å². The first kappa shape index (κ1) is 17.9. The summed E-state index contributed by atoms with van der Waals surface area (Å²) in [6.45, 7) is 0. The number of benzene rings is 2. The van der Waals surface area contributed by atoms with Gasteiger partial charge in [0.15, 0.2) is 0 Å². The number of hydrogen-bond acceptors (Lipinski definition) is 3. The lowest BCUT2D eigenvalue weighted by Gasteiger charge is -2.35. The van der Waals surface area contributed by atoms with Crippen LogP contribution in [0.3, 0.4) is 0 Å². The summed E-state index contributed by atoms with van der Waals surface area (Å²) < 4.78 is 19.5. The van der Waals surface area contributed by atoms with Gasteiger partial charge in [0.1, 0.15) is 0 Å². The molecule has 0 amide bonds. The molecular formula is C21H24NO2P. The van der Waals surface area contributed by atoms with E-state index >= 15 is 0 Å². The molecule has 1 aliphatic rings. The summed E-state index contributed by atoms with van der Waals surface area (Å²) in [5.74, 6) is 0.0309. The molecule has 0 saturated heterocycles. The van der Waals surface area contributed by atoms with Gasteiger partial charge in [0.2, 0.25) is 7.37 Å². The van der Waals surface area contributed by atoms with Crippen molar-refractivity contribution in [1.82, 2.24) is 5.32 Å². The van der Waals surface area contributed by atoms with Gasteiger partial charge in [-0.1, -0.05) is 72.8 Å². The Morgan fingerprint density at radius 3 is 2.16 bits per heavy atom.